The monoisotopic (exact) mass is 305 g/mol. The topological polar surface area (TPSA) is 12.0 Å². The van der Waals surface area contributed by atoms with Crippen LogP contribution < -0.4 is 5.32 Å². The summed E-state index contributed by atoms with van der Waals surface area (Å²) in [5.41, 5.74) is 0.0999. The maximum absolute atomic E-state index is 12.7. The summed E-state index contributed by atoms with van der Waals surface area (Å²) in [6.45, 7) is 6.45. The molecule has 1 N–H and O–H groups in total. The van der Waals surface area contributed by atoms with Crippen molar-refractivity contribution in [2.24, 2.45) is 5.92 Å². The lowest BCUT2D eigenvalue weighted by Crippen LogP contribution is -2.21. The van der Waals surface area contributed by atoms with Crippen LogP contribution in [-0.4, -0.2) is 18.1 Å². The first kappa shape index (κ1) is 17.4. The molecule has 2 unspecified atom stereocenters. The fourth-order valence-electron chi connectivity index (χ4n) is 1.72. The van der Waals surface area contributed by atoms with Gasteiger partial charge in [0.05, 0.1) is 5.56 Å². The van der Waals surface area contributed by atoms with Crippen LogP contribution in [-0.2, 0) is 6.18 Å². The average Bonchev–Trinajstić information content (AvgIpc) is 2.38. The lowest BCUT2D eigenvalue weighted by molar-refractivity contribution is -0.137. The number of rotatable bonds is 6. The number of nitrogens with one attached hydrogen (secondary N) is 1. The van der Waals surface area contributed by atoms with E-state index in [0.29, 0.717) is 16.7 Å². The first-order chi connectivity index (χ1) is 9.25. The summed E-state index contributed by atoms with van der Waals surface area (Å²) in [4.78, 5) is 0. The molecular weight excluding hydrogens is 283 g/mol. The van der Waals surface area contributed by atoms with E-state index >= 15 is 0 Å². The van der Waals surface area contributed by atoms with Crippen molar-refractivity contribution >= 4 is 11.8 Å². The smallest absolute Gasteiger partial charge is 0.312 e. The van der Waals surface area contributed by atoms with Crippen LogP contribution in [0.1, 0.15) is 37.9 Å². The van der Waals surface area contributed by atoms with Crippen LogP contribution in [0.2, 0.25) is 0 Å². The molecule has 20 heavy (non-hydrogen) atoms. The summed E-state index contributed by atoms with van der Waals surface area (Å²) in [5, 5.41) is 3.59. The van der Waals surface area contributed by atoms with Crippen LogP contribution in [0.5, 0.6) is 0 Å². The maximum atomic E-state index is 12.7. The summed E-state index contributed by atoms with van der Waals surface area (Å²) >= 11 is 1.78. The van der Waals surface area contributed by atoms with Gasteiger partial charge in [0.15, 0.2) is 0 Å². The molecule has 0 amide bonds. The van der Waals surface area contributed by atoms with Crippen molar-refractivity contribution in [3.63, 3.8) is 0 Å². The summed E-state index contributed by atoms with van der Waals surface area (Å²) in [6.07, 6.45) is -4.29. The Bertz CT molecular complexity index is 418. The molecule has 114 valence electrons. The molecular formula is C15H22F3NS. The van der Waals surface area contributed by atoms with E-state index in [4.69, 9.17) is 0 Å². The number of thioether (sulfide) groups is 1. The van der Waals surface area contributed by atoms with Crippen molar-refractivity contribution in [2.75, 3.05) is 12.8 Å². The van der Waals surface area contributed by atoms with Gasteiger partial charge in [-0.2, -0.15) is 24.9 Å². The Morgan fingerprint density at radius 1 is 1.20 bits per heavy atom. The van der Waals surface area contributed by atoms with Gasteiger partial charge < -0.3 is 5.32 Å². The second kappa shape index (κ2) is 7.36. The van der Waals surface area contributed by atoms with E-state index in [0.717, 1.165) is 11.8 Å². The third-order valence-electron chi connectivity index (χ3n) is 3.43. The normalized spacial score (nSPS) is 15.4. The van der Waals surface area contributed by atoms with E-state index in [1.54, 1.807) is 24.9 Å². The molecule has 0 saturated heterocycles. The highest BCUT2D eigenvalue weighted by Crippen LogP contribution is 2.32. The summed E-state index contributed by atoms with van der Waals surface area (Å²) in [5.74, 6) is 1.32. The highest BCUT2D eigenvalue weighted by atomic mass is 32.2. The van der Waals surface area contributed by atoms with Gasteiger partial charge in [-0.25, -0.2) is 0 Å². The van der Waals surface area contributed by atoms with Crippen LogP contribution in [0.3, 0.4) is 0 Å². The Kier molecular flexibility index (Phi) is 6.40. The molecule has 1 aromatic carbocycles. The summed E-state index contributed by atoms with van der Waals surface area (Å²) in [7, 11) is 1.78. The molecule has 0 aromatic heterocycles. The van der Waals surface area contributed by atoms with Crippen LogP contribution in [0.4, 0.5) is 13.2 Å². The molecule has 5 heteroatoms. The van der Waals surface area contributed by atoms with Crippen molar-refractivity contribution in [3.8, 4) is 0 Å². The zero-order valence-electron chi connectivity index (χ0n) is 12.3. The molecule has 1 nitrogen and oxygen atoms in total. The Balaban J connectivity index is 2.80. The molecule has 1 rings (SSSR count). The number of halogens is 3. The summed E-state index contributed by atoms with van der Waals surface area (Å²) < 4.78 is 38.2. The fourth-order valence-corrected chi connectivity index (χ4v) is 2.96. The molecule has 0 spiro atoms. The second-order valence-corrected chi connectivity index (χ2v) is 6.66. The molecule has 0 fully saturated rings. The van der Waals surface area contributed by atoms with Crippen molar-refractivity contribution < 1.29 is 13.2 Å². The van der Waals surface area contributed by atoms with E-state index in [9.17, 15) is 13.2 Å². The SMILES string of the molecule is CNC(CSC(C)C(C)C)c1cccc(C(F)(F)F)c1. The summed E-state index contributed by atoms with van der Waals surface area (Å²) in [6, 6.07) is 5.50. The van der Waals surface area contributed by atoms with E-state index in [2.05, 4.69) is 26.1 Å². The lowest BCUT2D eigenvalue weighted by Gasteiger charge is -2.21. The Hall–Kier alpha value is -0.680. The third-order valence-corrected chi connectivity index (χ3v) is 5.03. The highest BCUT2D eigenvalue weighted by Gasteiger charge is 2.30. The molecule has 0 bridgehead atoms. The zero-order valence-corrected chi connectivity index (χ0v) is 13.1. The van der Waals surface area contributed by atoms with E-state index < -0.39 is 11.7 Å². The van der Waals surface area contributed by atoms with Gasteiger partial charge in [0.25, 0.3) is 0 Å². The van der Waals surface area contributed by atoms with Gasteiger partial charge >= 0.3 is 6.18 Å². The van der Waals surface area contributed by atoms with Gasteiger partial charge in [0.1, 0.15) is 0 Å². The van der Waals surface area contributed by atoms with Crippen LogP contribution in [0.15, 0.2) is 24.3 Å². The molecule has 0 heterocycles. The first-order valence-electron chi connectivity index (χ1n) is 6.71. The predicted octanol–water partition coefficient (Wildman–Crippen LogP) is 4.74. The number of hydrogen-bond donors (Lipinski definition) is 1. The third kappa shape index (κ3) is 5.02. The van der Waals surface area contributed by atoms with Crippen molar-refractivity contribution in [3.05, 3.63) is 35.4 Å². The number of benzene rings is 1. The van der Waals surface area contributed by atoms with Crippen LogP contribution in [0, 0.1) is 5.92 Å². The largest absolute Gasteiger partial charge is 0.416 e. The van der Waals surface area contributed by atoms with E-state index in [1.165, 1.54) is 12.1 Å². The van der Waals surface area contributed by atoms with Crippen LogP contribution in [0.25, 0.3) is 0 Å². The Morgan fingerprint density at radius 3 is 2.35 bits per heavy atom. The molecule has 2 atom stereocenters. The first-order valence-corrected chi connectivity index (χ1v) is 7.76. The molecule has 0 saturated carbocycles. The molecule has 1 aromatic rings. The maximum Gasteiger partial charge on any atom is 0.416 e. The Morgan fingerprint density at radius 2 is 1.85 bits per heavy atom. The van der Waals surface area contributed by atoms with Crippen molar-refractivity contribution in [1.29, 1.82) is 0 Å². The van der Waals surface area contributed by atoms with Crippen LogP contribution >= 0.6 is 11.8 Å². The minimum atomic E-state index is -4.29. The highest BCUT2D eigenvalue weighted by molar-refractivity contribution is 7.99. The van der Waals surface area contributed by atoms with Crippen molar-refractivity contribution in [2.45, 2.75) is 38.2 Å². The van der Waals surface area contributed by atoms with Gasteiger partial charge in [0, 0.05) is 17.0 Å². The van der Waals surface area contributed by atoms with Gasteiger partial charge in [-0.3, -0.25) is 0 Å². The molecule has 0 aliphatic carbocycles. The minimum absolute atomic E-state index is 0.0662. The quantitative estimate of drug-likeness (QED) is 0.814. The zero-order chi connectivity index (χ0) is 15.3. The van der Waals surface area contributed by atoms with E-state index in [1.807, 2.05) is 0 Å². The van der Waals surface area contributed by atoms with Gasteiger partial charge in [-0.1, -0.05) is 32.9 Å². The lowest BCUT2D eigenvalue weighted by atomic mass is 10.1. The minimum Gasteiger partial charge on any atom is -0.312 e. The van der Waals surface area contributed by atoms with Gasteiger partial charge in [-0.05, 0) is 30.7 Å². The second-order valence-electron chi connectivity index (χ2n) is 5.25. The van der Waals surface area contributed by atoms with E-state index in [-0.39, 0.29) is 6.04 Å². The predicted molar refractivity (Wildman–Crippen MR) is 80.0 cm³/mol. The number of hydrogen-bond acceptors (Lipinski definition) is 2. The molecule has 0 aliphatic heterocycles. The number of alkyl halides is 3. The van der Waals surface area contributed by atoms with Gasteiger partial charge in [0.2, 0.25) is 0 Å². The fraction of sp³-hybridized carbons (Fsp3) is 0.600. The average molecular weight is 305 g/mol. The standard InChI is InChI=1S/C15H22F3NS/c1-10(2)11(3)20-9-14(19-4)12-6-5-7-13(8-12)15(16,17)18/h5-8,10-11,14,19H,9H2,1-4H3. The molecule has 0 radical (unpaired) electrons. The molecule has 0 aliphatic rings. The van der Waals surface area contributed by atoms with Gasteiger partial charge in [-0.15, -0.1) is 0 Å². The van der Waals surface area contributed by atoms with Crippen molar-refractivity contribution in [1.82, 2.24) is 5.32 Å². The Labute approximate surface area is 123 Å².